The molecule has 0 aliphatic heterocycles. The lowest BCUT2D eigenvalue weighted by Crippen LogP contribution is -2.33. The average Bonchev–Trinajstić information content (AvgIpc) is 2.47. The molecule has 0 amide bonds. The largest absolute Gasteiger partial charge is 0.465 e. The first-order chi connectivity index (χ1) is 10.8. The maximum absolute atomic E-state index is 5.85. The van der Waals surface area contributed by atoms with E-state index in [1.807, 2.05) is 32.8 Å². The zero-order valence-corrected chi connectivity index (χ0v) is 16.1. The van der Waals surface area contributed by atoms with Crippen LogP contribution in [0.4, 0.5) is 0 Å². The Kier molecular flexibility index (Phi) is 8.07. The molecule has 0 aliphatic carbocycles. The van der Waals surface area contributed by atoms with Gasteiger partial charge in [0.25, 0.3) is 0 Å². The molecular weight excluding hydrogens is 286 g/mol. The summed E-state index contributed by atoms with van der Waals surface area (Å²) < 4.78 is 11.6. The van der Waals surface area contributed by atoms with E-state index in [1.54, 1.807) is 0 Å². The molecule has 0 aliphatic rings. The Morgan fingerprint density at radius 3 is 2.17 bits per heavy atom. The maximum atomic E-state index is 5.85. The number of ether oxygens (including phenoxy) is 2. The molecule has 0 fully saturated rings. The standard InChI is InChI=1S/C20H35NO2/c1-8-9-10-15-20(4,5)18-11-13-19(14-12-18)23-17(3)22-16(2)21(6)7/h11-14,16-17H,8-10,15H2,1-7H3. The molecule has 1 aromatic rings. The van der Waals surface area contributed by atoms with E-state index < -0.39 is 0 Å². The van der Waals surface area contributed by atoms with Crippen LogP contribution in [0.15, 0.2) is 24.3 Å². The van der Waals surface area contributed by atoms with Crippen LogP contribution in [0.25, 0.3) is 0 Å². The molecule has 1 rings (SSSR count). The Morgan fingerprint density at radius 1 is 1.04 bits per heavy atom. The minimum atomic E-state index is -0.268. The van der Waals surface area contributed by atoms with Crippen molar-refractivity contribution >= 4 is 0 Å². The van der Waals surface area contributed by atoms with Crippen LogP contribution in [0.5, 0.6) is 5.75 Å². The van der Waals surface area contributed by atoms with Gasteiger partial charge in [-0.1, -0.05) is 52.2 Å². The summed E-state index contributed by atoms with van der Waals surface area (Å²) in [5.41, 5.74) is 1.59. The van der Waals surface area contributed by atoms with Crippen molar-refractivity contribution in [2.75, 3.05) is 14.1 Å². The van der Waals surface area contributed by atoms with Gasteiger partial charge in [0.15, 0.2) is 6.29 Å². The Balaban J connectivity index is 2.58. The lowest BCUT2D eigenvalue weighted by atomic mass is 9.80. The Bertz CT molecular complexity index is 439. The summed E-state index contributed by atoms with van der Waals surface area (Å²) in [6.07, 6.45) is 4.85. The molecule has 2 unspecified atom stereocenters. The molecule has 0 radical (unpaired) electrons. The summed E-state index contributed by atoms with van der Waals surface area (Å²) in [5, 5.41) is 0. The van der Waals surface area contributed by atoms with Crippen molar-refractivity contribution < 1.29 is 9.47 Å². The van der Waals surface area contributed by atoms with E-state index in [-0.39, 0.29) is 17.9 Å². The summed E-state index contributed by atoms with van der Waals surface area (Å²) in [6.45, 7) is 10.8. The van der Waals surface area contributed by atoms with Gasteiger partial charge in [0.1, 0.15) is 12.0 Å². The first-order valence-electron chi connectivity index (χ1n) is 8.85. The van der Waals surface area contributed by atoms with E-state index in [4.69, 9.17) is 9.47 Å². The van der Waals surface area contributed by atoms with Crippen LogP contribution in [0.1, 0.15) is 65.9 Å². The van der Waals surface area contributed by atoms with Gasteiger partial charge in [-0.05, 0) is 57.5 Å². The van der Waals surface area contributed by atoms with E-state index in [0.29, 0.717) is 0 Å². The lowest BCUT2D eigenvalue weighted by molar-refractivity contribution is -0.143. The van der Waals surface area contributed by atoms with Crippen molar-refractivity contribution in [2.24, 2.45) is 0 Å². The number of unbranched alkanes of at least 4 members (excludes halogenated alkanes) is 2. The van der Waals surface area contributed by atoms with E-state index in [0.717, 1.165) is 5.75 Å². The highest BCUT2D eigenvalue weighted by Crippen LogP contribution is 2.30. The third-order valence-electron chi connectivity index (χ3n) is 4.46. The molecule has 1 aromatic carbocycles. The Hall–Kier alpha value is -1.06. The average molecular weight is 322 g/mol. The van der Waals surface area contributed by atoms with Crippen LogP contribution >= 0.6 is 0 Å². The van der Waals surface area contributed by atoms with Gasteiger partial charge >= 0.3 is 0 Å². The van der Waals surface area contributed by atoms with E-state index in [1.165, 1.54) is 31.2 Å². The summed E-state index contributed by atoms with van der Waals surface area (Å²) in [7, 11) is 3.99. The zero-order chi connectivity index (χ0) is 17.5. The second kappa shape index (κ2) is 9.29. The summed E-state index contributed by atoms with van der Waals surface area (Å²) in [6, 6.07) is 8.47. The van der Waals surface area contributed by atoms with E-state index in [2.05, 4.69) is 45.0 Å². The van der Waals surface area contributed by atoms with Crippen LogP contribution in [0, 0.1) is 0 Å². The fourth-order valence-electron chi connectivity index (χ4n) is 2.56. The number of hydrogen-bond acceptors (Lipinski definition) is 3. The van der Waals surface area contributed by atoms with Crippen LogP contribution in [0.2, 0.25) is 0 Å². The van der Waals surface area contributed by atoms with Gasteiger partial charge in [-0.3, -0.25) is 4.90 Å². The van der Waals surface area contributed by atoms with Crippen LogP contribution in [0.3, 0.4) is 0 Å². The minimum Gasteiger partial charge on any atom is -0.465 e. The smallest absolute Gasteiger partial charge is 0.198 e. The zero-order valence-electron chi connectivity index (χ0n) is 16.1. The van der Waals surface area contributed by atoms with Crippen molar-refractivity contribution in [2.45, 2.75) is 78.2 Å². The van der Waals surface area contributed by atoms with Gasteiger partial charge in [0, 0.05) is 0 Å². The van der Waals surface area contributed by atoms with Gasteiger partial charge in [-0.2, -0.15) is 0 Å². The molecule has 2 atom stereocenters. The fraction of sp³-hybridized carbons (Fsp3) is 0.700. The van der Waals surface area contributed by atoms with Gasteiger partial charge in [-0.25, -0.2) is 0 Å². The van der Waals surface area contributed by atoms with Crippen molar-refractivity contribution in [1.29, 1.82) is 0 Å². The molecule has 132 valence electrons. The first kappa shape index (κ1) is 20.0. The molecule has 0 N–H and O–H groups in total. The second-order valence-corrected chi connectivity index (χ2v) is 7.25. The molecular formula is C20H35NO2. The van der Waals surface area contributed by atoms with E-state index in [9.17, 15) is 0 Å². The fourth-order valence-corrected chi connectivity index (χ4v) is 2.56. The first-order valence-corrected chi connectivity index (χ1v) is 8.85. The highest BCUT2D eigenvalue weighted by atomic mass is 16.7. The van der Waals surface area contributed by atoms with Crippen LogP contribution < -0.4 is 4.74 Å². The third kappa shape index (κ3) is 6.92. The topological polar surface area (TPSA) is 21.7 Å². The van der Waals surface area contributed by atoms with Gasteiger partial charge in [-0.15, -0.1) is 0 Å². The van der Waals surface area contributed by atoms with Gasteiger partial charge in [0.2, 0.25) is 0 Å². The minimum absolute atomic E-state index is 0.0294. The van der Waals surface area contributed by atoms with Gasteiger partial charge < -0.3 is 9.47 Å². The lowest BCUT2D eigenvalue weighted by Gasteiger charge is -2.26. The molecule has 3 nitrogen and oxygen atoms in total. The van der Waals surface area contributed by atoms with Crippen molar-refractivity contribution in [3.05, 3.63) is 29.8 Å². The summed E-state index contributed by atoms with van der Waals surface area (Å²) in [4.78, 5) is 2.02. The normalized spacial score (nSPS) is 14.8. The highest BCUT2D eigenvalue weighted by molar-refractivity contribution is 5.31. The quantitative estimate of drug-likeness (QED) is 0.437. The molecule has 3 heteroatoms. The maximum Gasteiger partial charge on any atom is 0.198 e. The number of nitrogens with zero attached hydrogens (tertiary/aromatic N) is 1. The monoisotopic (exact) mass is 321 g/mol. The van der Waals surface area contributed by atoms with E-state index >= 15 is 0 Å². The van der Waals surface area contributed by atoms with Gasteiger partial charge in [0.05, 0.1) is 0 Å². The molecule has 0 bridgehead atoms. The third-order valence-corrected chi connectivity index (χ3v) is 4.46. The summed E-state index contributed by atoms with van der Waals surface area (Å²) >= 11 is 0. The van der Waals surface area contributed by atoms with Crippen molar-refractivity contribution in [3.63, 3.8) is 0 Å². The molecule has 23 heavy (non-hydrogen) atoms. The Morgan fingerprint density at radius 2 is 1.65 bits per heavy atom. The number of benzene rings is 1. The predicted octanol–water partition coefficient (Wildman–Crippen LogP) is 5.19. The van der Waals surface area contributed by atoms with Crippen LogP contribution in [-0.2, 0) is 10.2 Å². The molecule has 0 saturated heterocycles. The highest BCUT2D eigenvalue weighted by Gasteiger charge is 2.20. The van der Waals surface area contributed by atoms with Crippen molar-refractivity contribution in [1.82, 2.24) is 4.90 Å². The molecule has 0 saturated carbocycles. The molecule has 0 spiro atoms. The van der Waals surface area contributed by atoms with Crippen LogP contribution in [-0.4, -0.2) is 31.5 Å². The second-order valence-electron chi connectivity index (χ2n) is 7.25. The number of hydrogen-bond donors (Lipinski definition) is 0. The number of rotatable bonds is 10. The SMILES string of the molecule is CCCCCC(C)(C)c1ccc(OC(C)OC(C)N(C)C)cc1. The van der Waals surface area contributed by atoms with Crippen molar-refractivity contribution in [3.8, 4) is 5.75 Å². The molecule has 0 heterocycles. The predicted molar refractivity (Wildman–Crippen MR) is 97.9 cm³/mol. The Labute approximate surface area is 143 Å². The molecule has 0 aromatic heterocycles. The summed E-state index contributed by atoms with van der Waals surface area (Å²) in [5.74, 6) is 0.858.